The fraction of sp³-hybridized carbons (Fsp3) is 0.435. The monoisotopic (exact) mass is 611 g/mol. The summed E-state index contributed by atoms with van der Waals surface area (Å²) in [7, 11) is 0. The van der Waals surface area contributed by atoms with Crippen LogP contribution >= 0.6 is 34.9 Å². The van der Waals surface area contributed by atoms with Crippen LogP contribution in [0, 0.1) is 0 Å². The minimum absolute atomic E-state index is 0.0175. The van der Waals surface area contributed by atoms with Gasteiger partial charge in [-0.05, 0) is 31.1 Å². The Morgan fingerprint density at radius 2 is 2.00 bits per heavy atom. The van der Waals surface area contributed by atoms with Crippen LogP contribution in [0.5, 0.6) is 0 Å². The minimum atomic E-state index is -1.33. The lowest BCUT2D eigenvalue weighted by Gasteiger charge is -2.49. The number of amides is 2. The second-order valence-corrected chi connectivity index (χ2v) is 11.7. The Kier molecular flexibility index (Phi) is 9.70. The summed E-state index contributed by atoms with van der Waals surface area (Å²) in [6.45, 7) is -0.815. The van der Waals surface area contributed by atoms with Gasteiger partial charge in [0.25, 0.3) is 11.8 Å². The maximum atomic E-state index is 13.0. The summed E-state index contributed by atoms with van der Waals surface area (Å²) >= 11 is 3.26. The van der Waals surface area contributed by atoms with Gasteiger partial charge >= 0.3 is 17.9 Å². The number of carbonyl (C=O) groups excluding carboxylic acids is 3. The number of oxime groups is 1. The highest BCUT2D eigenvalue weighted by atomic mass is 32.2. The van der Waals surface area contributed by atoms with E-state index in [4.69, 9.17) is 20.4 Å². The highest BCUT2D eigenvalue weighted by Crippen LogP contribution is 2.43. The van der Waals surface area contributed by atoms with E-state index in [0.717, 1.165) is 60.1 Å². The smallest absolute Gasteiger partial charge is 0.353 e. The van der Waals surface area contributed by atoms with E-state index in [1.165, 1.54) is 28.6 Å². The quantitative estimate of drug-likeness (QED) is 0.0916. The largest absolute Gasteiger partial charge is 0.479 e. The van der Waals surface area contributed by atoms with Gasteiger partial charge in [-0.3, -0.25) is 14.5 Å². The van der Waals surface area contributed by atoms with Crippen LogP contribution in [0.25, 0.3) is 0 Å². The van der Waals surface area contributed by atoms with Crippen LogP contribution in [-0.2, 0) is 33.5 Å². The molecule has 1 saturated heterocycles. The lowest BCUT2D eigenvalue weighted by molar-refractivity contribution is -0.150. The molecule has 40 heavy (non-hydrogen) atoms. The molecule has 2 atom stereocenters. The SMILES string of the molecule is Nc1nc(/C(=N/OCC(=O)O)C(=O)N[C@@H]2C(=O)N3C(C(=O)O)=C(S/C=C\C(=O)OC4CCCCC4)CS[C@H]23)cs1. The molecule has 4 rings (SSSR count). The number of aromatic nitrogens is 1. The van der Waals surface area contributed by atoms with Gasteiger partial charge in [-0.2, -0.15) is 0 Å². The van der Waals surface area contributed by atoms with Gasteiger partial charge in [0.1, 0.15) is 28.9 Å². The number of thioether (sulfide) groups is 2. The number of β-lactam (4-membered cyclic amide) rings is 1. The number of carbonyl (C=O) groups is 5. The molecule has 17 heteroatoms. The average Bonchev–Trinajstić information content (AvgIpc) is 3.35. The van der Waals surface area contributed by atoms with Crippen molar-refractivity contribution in [2.75, 3.05) is 18.1 Å². The van der Waals surface area contributed by atoms with Gasteiger partial charge in [-0.25, -0.2) is 19.4 Å². The van der Waals surface area contributed by atoms with Crippen LogP contribution in [0.1, 0.15) is 37.8 Å². The molecule has 5 N–H and O–H groups in total. The Hall–Kier alpha value is -3.57. The number of aliphatic carboxylic acids is 2. The first kappa shape index (κ1) is 29.4. The number of hydrogen-bond donors (Lipinski definition) is 4. The fourth-order valence-electron chi connectivity index (χ4n) is 4.20. The van der Waals surface area contributed by atoms with Gasteiger partial charge in [0.05, 0.1) is 0 Å². The van der Waals surface area contributed by atoms with Crippen molar-refractivity contribution < 1.29 is 43.8 Å². The number of nitrogens with two attached hydrogens (primary N) is 1. The van der Waals surface area contributed by atoms with E-state index in [2.05, 4.69) is 15.5 Å². The molecule has 0 spiro atoms. The van der Waals surface area contributed by atoms with Gasteiger partial charge in [-0.15, -0.1) is 23.1 Å². The highest BCUT2D eigenvalue weighted by Gasteiger charge is 2.54. The number of carboxylic acids is 2. The summed E-state index contributed by atoms with van der Waals surface area (Å²) in [5.41, 5.74) is 5.01. The van der Waals surface area contributed by atoms with Gasteiger partial charge in [0.15, 0.2) is 10.8 Å². The number of nitrogen functional groups attached to an aromatic ring is 1. The van der Waals surface area contributed by atoms with E-state index in [9.17, 15) is 29.1 Å². The summed E-state index contributed by atoms with van der Waals surface area (Å²) in [6.07, 6.45) is 5.94. The molecule has 0 aromatic carbocycles. The van der Waals surface area contributed by atoms with E-state index < -0.39 is 53.5 Å². The zero-order valence-electron chi connectivity index (χ0n) is 20.8. The molecule has 1 aliphatic carbocycles. The standard InChI is InChI=1S/C23H25N5O9S3/c24-23-25-12(9-40-23)16(27-36-8-14(29)30)19(32)26-17-20(33)28-18(22(34)35)13(10-39-21(17)28)38-7-6-15(31)37-11-4-2-1-3-5-11/h6-7,9,11,17,21H,1-5,8,10H2,(H2,24,25)(H,26,32)(H,29,30)(H,34,35)/b7-6-,27-16-/t17-,21-/m1/s1. The summed E-state index contributed by atoms with van der Waals surface area (Å²) in [6, 6.07) is -1.08. The third kappa shape index (κ3) is 6.95. The fourth-order valence-corrected chi connectivity index (χ4v) is 7.06. The first-order chi connectivity index (χ1) is 19.2. The molecule has 0 bridgehead atoms. The summed E-state index contributed by atoms with van der Waals surface area (Å²) in [5, 5.41) is 26.9. The van der Waals surface area contributed by atoms with Crippen molar-refractivity contribution in [3.8, 4) is 0 Å². The van der Waals surface area contributed by atoms with Crippen LogP contribution in [0.2, 0.25) is 0 Å². The highest BCUT2D eigenvalue weighted by molar-refractivity contribution is 8.08. The molecule has 3 aliphatic rings. The molecular weight excluding hydrogens is 586 g/mol. The normalized spacial score (nSPS) is 21.6. The maximum absolute atomic E-state index is 13.0. The molecule has 3 heterocycles. The van der Waals surface area contributed by atoms with Crippen LogP contribution < -0.4 is 11.1 Å². The van der Waals surface area contributed by atoms with Crippen LogP contribution in [-0.4, -0.2) is 85.4 Å². The van der Waals surface area contributed by atoms with E-state index in [-0.39, 0.29) is 28.4 Å². The summed E-state index contributed by atoms with van der Waals surface area (Å²) in [4.78, 5) is 71.0. The number of fused-ring (bicyclic) bond motifs is 1. The first-order valence-electron chi connectivity index (χ1n) is 12.0. The van der Waals surface area contributed by atoms with E-state index in [1.54, 1.807) is 0 Å². The van der Waals surface area contributed by atoms with E-state index >= 15 is 0 Å². The maximum Gasteiger partial charge on any atom is 0.353 e. The van der Waals surface area contributed by atoms with Crippen molar-refractivity contribution in [2.24, 2.45) is 5.16 Å². The summed E-state index contributed by atoms with van der Waals surface area (Å²) in [5.74, 6) is -4.48. The van der Waals surface area contributed by atoms with Gasteiger partial charge in [0.2, 0.25) is 6.61 Å². The number of rotatable bonds is 11. The van der Waals surface area contributed by atoms with Crippen molar-refractivity contribution in [1.82, 2.24) is 15.2 Å². The molecule has 14 nitrogen and oxygen atoms in total. The molecule has 1 aromatic heterocycles. The van der Waals surface area contributed by atoms with Crippen LogP contribution in [0.15, 0.2) is 32.6 Å². The predicted octanol–water partition coefficient (Wildman–Crippen LogP) is 1.35. The number of anilines is 1. The molecular formula is C23H25N5O9S3. The molecule has 214 valence electrons. The number of ether oxygens (including phenoxy) is 1. The lowest BCUT2D eigenvalue weighted by atomic mass is 9.98. The van der Waals surface area contributed by atoms with Crippen molar-refractivity contribution in [3.05, 3.63) is 33.2 Å². The second kappa shape index (κ2) is 13.2. The molecule has 2 aliphatic heterocycles. The third-order valence-corrected chi connectivity index (χ3v) is 9.03. The van der Waals surface area contributed by atoms with Crippen molar-refractivity contribution in [3.63, 3.8) is 0 Å². The van der Waals surface area contributed by atoms with Gasteiger partial charge in [-0.1, -0.05) is 23.3 Å². The molecule has 2 fully saturated rings. The van der Waals surface area contributed by atoms with E-state index in [1.807, 2.05) is 0 Å². The molecule has 1 saturated carbocycles. The van der Waals surface area contributed by atoms with Crippen LogP contribution in [0.4, 0.5) is 5.13 Å². The molecule has 0 unspecified atom stereocenters. The Balaban J connectivity index is 1.42. The molecule has 0 radical (unpaired) electrons. The number of nitrogens with zero attached hydrogens (tertiary/aromatic N) is 3. The first-order valence-corrected chi connectivity index (χ1v) is 14.9. The van der Waals surface area contributed by atoms with Crippen molar-refractivity contribution in [2.45, 2.75) is 49.6 Å². The van der Waals surface area contributed by atoms with Crippen molar-refractivity contribution >= 4 is 75.4 Å². The summed E-state index contributed by atoms with van der Waals surface area (Å²) < 4.78 is 5.42. The number of thiazole rings is 1. The van der Waals surface area contributed by atoms with Gasteiger partial charge in [0, 0.05) is 22.1 Å². The third-order valence-electron chi connectivity index (χ3n) is 6.00. The lowest BCUT2D eigenvalue weighted by Crippen LogP contribution is -2.71. The number of nitrogens with one attached hydrogen (secondary N) is 1. The molecule has 2 amide bonds. The van der Waals surface area contributed by atoms with E-state index in [0.29, 0.717) is 4.91 Å². The Labute approximate surface area is 240 Å². The van der Waals surface area contributed by atoms with Crippen LogP contribution in [0.3, 0.4) is 0 Å². The average molecular weight is 612 g/mol. The Morgan fingerprint density at radius 3 is 2.65 bits per heavy atom. The number of esters is 1. The minimum Gasteiger partial charge on any atom is -0.479 e. The van der Waals surface area contributed by atoms with Gasteiger partial charge < -0.3 is 30.8 Å². The predicted molar refractivity (Wildman–Crippen MR) is 146 cm³/mol. The Bertz CT molecular complexity index is 1290. The topological polar surface area (TPSA) is 211 Å². The number of carboxylic acid groups (broad SMARTS) is 2. The zero-order chi connectivity index (χ0) is 28.8. The molecule has 1 aromatic rings. The second-order valence-electron chi connectivity index (χ2n) is 8.73. The van der Waals surface area contributed by atoms with Crippen molar-refractivity contribution in [1.29, 1.82) is 0 Å². The Morgan fingerprint density at radius 1 is 1.25 bits per heavy atom. The zero-order valence-corrected chi connectivity index (χ0v) is 23.3. The number of hydrogen-bond acceptors (Lipinski definition) is 13.